The molecule has 3 heterocycles. The van der Waals surface area contributed by atoms with E-state index >= 15 is 0 Å². The lowest BCUT2D eigenvalue weighted by Crippen LogP contribution is -2.42. The van der Waals surface area contributed by atoms with Gasteiger partial charge in [-0.25, -0.2) is 23.7 Å². The second kappa shape index (κ2) is 9.91. The highest BCUT2D eigenvalue weighted by Gasteiger charge is 2.54. The van der Waals surface area contributed by atoms with Gasteiger partial charge in [0.15, 0.2) is 5.17 Å². The van der Waals surface area contributed by atoms with Crippen LogP contribution in [0.25, 0.3) is 0 Å². The van der Waals surface area contributed by atoms with Crippen LogP contribution in [0.15, 0.2) is 35.6 Å². The van der Waals surface area contributed by atoms with Gasteiger partial charge < -0.3 is 20.5 Å². The second-order valence-corrected chi connectivity index (χ2v) is 8.10. The minimum absolute atomic E-state index is 0. The fraction of sp³-hybridized carbons (Fsp3) is 0.400. The van der Waals surface area contributed by atoms with E-state index < -0.39 is 48.5 Å². The number of thioether (sulfide) groups is 1. The lowest BCUT2D eigenvalue weighted by Gasteiger charge is -2.35. The van der Waals surface area contributed by atoms with Gasteiger partial charge in [0.05, 0.1) is 25.1 Å². The number of nitrogens with zero attached hydrogens (tertiary/aromatic N) is 3. The van der Waals surface area contributed by atoms with Gasteiger partial charge in [-0.15, -0.1) is 0 Å². The fourth-order valence-electron chi connectivity index (χ4n) is 3.73. The van der Waals surface area contributed by atoms with Gasteiger partial charge in [0.1, 0.15) is 23.7 Å². The molecule has 3 N–H and O–H groups in total. The Hall–Kier alpha value is -2.93. The average Bonchev–Trinajstić information content (AvgIpc) is 3.13. The summed E-state index contributed by atoms with van der Waals surface area (Å²) in [6.45, 7) is -3.88. The number of alkyl halides is 3. The van der Waals surface area contributed by atoms with E-state index in [-0.39, 0.29) is 36.1 Å². The maximum Gasteiger partial charge on any atom is 0.388 e. The highest BCUT2D eigenvalue weighted by Crippen LogP contribution is 2.48. The molecule has 0 saturated carbocycles. The van der Waals surface area contributed by atoms with Crippen molar-refractivity contribution in [2.75, 3.05) is 24.4 Å². The van der Waals surface area contributed by atoms with Crippen LogP contribution < -0.4 is 15.8 Å². The number of nitrogens with two attached hydrogens (primary N) is 1. The number of amides is 1. The summed E-state index contributed by atoms with van der Waals surface area (Å²) in [4.78, 5) is 24.2. The van der Waals surface area contributed by atoms with Gasteiger partial charge in [-0.3, -0.25) is 4.79 Å². The molecule has 2 aromatic rings. The Balaban J connectivity index is 0.00000306. The zero-order chi connectivity index (χ0) is 22.9. The Labute approximate surface area is 191 Å². The van der Waals surface area contributed by atoms with Gasteiger partial charge in [-0.2, -0.15) is 8.78 Å². The topological polar surface area (TPSA) is 112 Å². The number of halogens is 4. The Kier molecular flexibility index (Phi) is 7.42. The van der Waals surface area contributed by atoms with Crippen LogP contribution in [0.1, 0.15) is 23.5 Å². The summed E-state index contributed by atoms with van der Waals surface area (Å²) in [5, 5.41) is 2.78. The molecule has 1 saturated heterocycles. The standard InChI is InChI=1S/C19H17F4N5O3S.CH4/c20-4-14-11-7-32-18(24)28-19(11,8-30-14)10-3-9(1-2-12(10)21)27-16(29)13-5-26-15(6-25-13)31-17(22)23;/h1-3,5-6,11,14,17H,4,7-8H2,(H2,24,28)(H,27,29);1H4/t11-,14-,19-;/m1./s1. The number of carbonyl (C=O) groups is 1. The van der Waals surface area contributed by atoms with Gasteiger partial charge in [-0.05, 0) is 18.2 Å². The maximum absolute atomic E-state index is 14.9. The molecule has 1 aromatic heterocycles. The summed E-state index contributed by atoms with van der Waals surface area (Å²) in [6.07, 6.45) is 1.10. The summed E-state index contributed by atoms with van der Waals surface area (Å²) in [5.41, 5.74) is 4.82. The molecule has 0 aliphatic carbocycles. The number of anilines is 1. The summed E-state index contributed by atoms with van der Waals surface area (Å²) in [7, 11) is 0. The first-order chi connectivity index (χ1) is 15.3. The second-order valence-electron chi connectivity index (χ2n) is 7.06. The number of aromatic nitrogens is 2. The number of fused-ring (bicyclic) bond motifs is 1. The third-order valence-electron chi connectivity index (χ3n) is 5.21. The molecule has 1 amide bonds. The SMILES string of the molecule is C.NC1=N[C@@]2(c3cc(NC(=O)c4cnc(OC(F)F)cn4)ccc3F)CO[C@H](CF)[C@H]2CS1. The maximum atomic E-state index is 14.9. The van der Waals surface area contributed by atoms with Crippen molar-refractivity contribution in [3.8, 4) is 5.88 Å². The van der Waals surface area contributed by atoms with Crippen molar-refractivity contribution in [2.45, 2.75) is 25.7 Å². The highest BCUT2D eigenvalue weighted by atomic mass is 32.2. The Bertz CT molecular complexity index is 1040. The Morgan fingerprint density at radius 3 is 2.82 bits per heavy atom. The smallest absolute Gasteiger partial charge is 0.388 e. The molecule has 13 heteroatoms. The van der Waals surface area contributed by atoms with E-state index in [1.165, 1.54) is 23.9 Å². The lowest BCUT2D eigenvalue weighted by molar-refractivity contribution is -0.0531. The number of aliphatic imine (C=N–C) groups is 1. The summed E-state index contributed by atoms with van der Waals surface area (Å²) in [6, 6.07) is 3.87. The Morgan fingerprint density at radius 1 is 1.36 bits per heavy atom. The van der Waals surface area contributed by atoms with Crippen molar-refractivity contribution in [1.29, 1.82) is 0 Å². The summed E-state index contributed by atoms with van der Waals surface area (Å²) < 4.78 is 62.4. The molecule has 0 radical (unpaired) electrons. The number of amidine groups is 1. The predicted octanol–water partition coefficient (Wildman–Crippen LogP) is 3.35. The first-order valence-electron chi connectivity index (χ1n) is 9.36. The molecular formula is C20H21F4N5O3S. The average molecular weight is 487 g/mol. The zero-order valence-electron chi connectivity index (χ0n) is 16.3. The van der Waals surface area contributed by atoms with Crippen LogP contribution in [-0.4, -0.2) is 52.8 Å². The minimum atomic E-state index is -3.07. The Morgan fingerprint density at radius 2 is 2.15 bits per heavy atom. The van der Waals surface area contributed by atoms with E-state index in [1.807, 2.05) is 0 Å². The molecule has 1 fully saturated rings. The number of ether oxygens (including phenoxy) is 2. The molecule has 4 rings (SSSR count). The van der Waals surface area contributed by atoms with E-state index in [0.29, 0.717) is 5.75 Å². The van der Waals surface area contributed by atoms with Gasteiger partial charge in [-0.1, -0.05) is 19.2 Å². The van der Waals surface area contributed by atoms with Crippen LogP contribution >= 0.6 is 11.8 Å². The van der Waals surface area contributed by atoms with E-state index in [0.717, 1.165) is 18.5 Å². The van der Waals surface area contributed by atoms with Crippen molar-refractivity contribution < 1.29 is 31.8 Å². The fourth-order valence-corrected chi connectivity index (χ4v) is 4.80. The number of benzene rings is 1. The molecular weight excluding hydrogens is 466 g/mol. The summed E-state index contributed by atoms with van der Waals surface area (Å²) in [5.74, 6) is -1.80. The van der Waals surface area contributed by atoms with Crippen molar-refractivity contribution >= 4 is 28.5 Å². The summed E-state index contributed by atoms with van der Waals surface area (Å²) >= 11 is 1.25. The van der Waals surface area contributed by atoms with Crippen LogP contribution in [0.5, 0.6) is 5.88 Å². The van der Waals surface area contributed by atoms with Crippen molar-refractivity contribution in [2.24, 2.45) is 16.6 Å². The largest absolute Gasteiger partial charge is 0.415 e. The van der Waals surface area contributed by atoms with Crippen LogP contribution in [0.3, 0.4) is 0 Å². The van der Waals surface area contributed by atoms with Crippen molar-refractivity contribution in [3.63, 3.8) is 0 Å². The van der Waals surface area contributed by atoms with E-state index in [9.17, 15) is 22.4 Å². The molecule has 0 bridgehead atoms. The highest BCUT2D eigenvalue weighted by molar-refractivity contribution is 8.13. The van der Waals surface area contributed by atoms with Crippen molar-refractivity contribution in [3.05, 3.63) is 47.7 Å². The molecule has 0 unspecified atom stereocenters. The first-order valence-corrected chi connectivity index (χ1v) is 10.3. The first kappa shape index (κ1) is 24.7. The number of carbonyl (C=O) groups excluding carboxylic acids is 1. The van der Waals surface area contributed by atoms with Gasteiger partial charge in [0.25, 0.3) is 5.91 Å². The molecule has 178 valence electrons. The van der Waals surface area contributed by atoms with Crippen molar-refractivity contribution in [1.82, 2.24) is 9.97 Å². The van der Waals surface area contributed by atoms with Crippen LogP contribution in [0, 0.1) is 11.7 Å². The molecule has 8 nitrogen and oxygen atoms in total. The molecule has 3 atom stereocenters. The van der Waals surface area contributed by atoms with E-state index in [1.54, 1.807) is 0 Å². The lowest BCUT2D eigenvalue weighted by atomic mass is 9.79. The zero-order valence-corrected chi connectivity index (χ0v) is 17.1. The van der Waals surface area contributed by atoms with Gasteiger partial charge in [0, 0.05) is 22.9 Å². The number of hydrogen-bond donors (Lipinski definition) is 2. The van der Waals surface area contributed by atoms with Gasteiger partial charge in [0.2, 0.25) is 5.88 Å². The number of rotatable bonds is 6. The third-order valence-corrected chi connectivity index (χ3v) is 6.13. The number of hydrogen-bond acceptors (Lipinski definition) is 8. The normalized spacial score (nSPS) is 24.0. The molecule has 0 spiro atoms. The van der Waals surface area contributed by atoms with E-state index in [2.05, 4.69) is 25.0 Å². The van der Waals surface area contributed by atoms with Crippen LogP contribution in [0.2, 0.25) is 0 Å². The monoisotopic (exact) mass is 487 g/mol. The third kappa shape index (κ3) is 4.88. The number of nitrogens with one attached hydrogen (secondary N) is 1. The van der Waals surface area contributed by atoms with Gasteiger partial charge >= 0.3 is 6.61 Å². The van der Waals surface area contributed by atoms with E-state index in [4.69, 9.17) is 10.5 Å². The van der Waals surface area contributed by atoms with Crippen LogP contribution in [0.4, 0.5) is 23.2 Å². The van der Waals surface area contributed by atoms with Crippen LogP contribution in [-0.2, 0) is 10.3 Å². The quantitative estimate of drug-likeness (QED) is 0.601. The molecule has 2 aliphatic rings. The molecule has 1 aromatic carbocycles. The minimum Gasteiger partial charge on any atom is -0.415 e. The molecule has 33 heavy (non-hydrogen) atoms. The molecule has 2 aliphatic heterocycles. The predicted molar refractivity (Wildman–Crippen MR) is 115 cm³/mol.